The topological polar surface area (TPSA) is 63.5 Å². The van der Waals surface area contributed by atoms with Gasteiger partial charge in [-0.25, -0.2) is 0 Å². The van der Waals surface area contributed by atoms with Crippen LogP contribution in [0.3, 0.4) is 0 Å². The lowest BCUT2D eigenvalue weighted by molar-refractivity contribution is -0.384. The molecule has 1 aromatic carbocycles. The van der Waals surface area contributed by atoms with Crippen molar-refractivity contribution in [2.75, 3.05) is 14.1 Å². The minimum absolute atomic E-state index is 0.122. The number of carbonyl (C=O) groups excluding carboxylic acids is 1. The Hall–Kier alpha value is -2.35. The summed E-state index contributed by atoms with van der Waals surface area (Å²) in [4.78, 5) is 23.0. The van der Waals surface area contributed by atoms with E-state index in [1.165, 1.54) is 23.1 Å². The summed E-state index contributed by atoms with van der Waals surface area (Å²) in [6, 6.07) is 3.85. The first kappa shape index (κ1) is 11.7. The molecule has 0 saturated heterocycles. The minimum atomic E-state index is -0.551. The number of rotatable bonds is 2. The van der Waals surface area contributed by atoms with Crippen molar-refractivity contribution in [1.29, 1.82) is 0 Å². The van der Waals surface area contributed by atoms with Gasteiger partial charge in [-0.05, 0) is 6.07 Å². The summed E-state index contributed by atoms with van der Waals surface area (Å²) in [5, 5.41) is 10.5. The van der Waals surface area contributed by atoms with Gasteiger partial charge < -0.3 is 4.90 Å². The Morgan fingerprint density at radius 1 is 1.50 bits per heavy atom. The quantitative estimate of drug-likeness (QED) is 0.426. The van der Waals surface area contributed by atoms with Crippen molar-refractivity contribution < 1.29 is 9.72 Å². The molecule has 0 heterocycles. The van der Waals surface area contributed by atoms with Gasteiger partial charge in [-0.2, -0.15) is 0 Å². The summed E-state index contributed by atoms with van der Waals surface area (Å²) in [5.74, 6) is 2.00. The van der Waals surface area contributed by atoms with Crippen molar-refractivity contribution in [3.63, 3.8) is 0 Å². The SMILES string of the molecule is C#Cc1cc([N+](=O)[O-])ccc1C(=O)N(C)C. The highest BCUT2D eigenvalue weighted by Gasteiger charge is 2.15. The molecule has 5 nitrogen and oxygen atoms in total. The van der Waals surface area contributed by atoms with Gasteiger partial charge in [-0.15, -0.1) is 6.42 Å². The molecule has 0 saturated carbocycles. The molecule has 0 aliphatic rings. The van der Waals surface area contributed by atoms with Gasteiger partial charge in [0.15, 0.2) is 0 Å². The smallest absolute Gasteiger partial charge is 0.270 e. The van der Waals surface area contributed by atoms with Crippen LogP contribution < -0.4 is 0 Å². The molecule has 1 aromatic rings. The van der Waals surface area contributed by atoms with E-state index in [4.69, 9.17) is 6.42 Å². The van der Waals surface area contributed by atoms with E-state index in [1.807, 2.05) is 0 Å². The lowest BCUT2D eigenvalue weighted by atomic mass is 10.1. The first-order valence-corrected chi connectivity index (χ1v) is 4.44. The van der Waals surface area contributed by atoms with E-state index in [2.05, 4.69) is 5.92 Å². The second-order valence-electron chi connectivity index (χ2n) is 3.33. The Kier molecular flexibility index (Phi) is 3.26. The second kappa shape index (κ2) is 4.45. The largest absolute Gasteiger partial charge is 0.345 e. The normalized spacial score (nSPS) is 9.31. The number of hydrogen-bond donors (Lipinski definition) is 0. The van der Waals surface area contributed by atoms with Crippen LogP contribution in [0.5, 0.6) is 0 Å². The Labute approximate surface area is 92.8 Å². The van der Waals surface area contributed by atoms with E-state index >= 15 is 0 Å². The van der Waals surface area contributed by atoms with E-state index in [0.29, 0.717) is 0 Å². The maximum atomic E-state index is 11.7. The van der Waals surface area contributed by atoms with Crippen LogP contribution in [-0.4, -0.2) is 29.8 Å². The molecule has 0 N–H and O–H groups in total. The van der Waals surface area contributed by atoms with Crippen LogP contribution in [0.25, 0.3) is 0 Å². The lowest BCUT2D eigenvalue weighted by Gasteiger charge is -2.11. The van der Waals surface area contributed by atoms with Crippen molar-refractivity contribution >= 4 is 11.6 Å². The monoisotopic (exact) mass is 218 g/mol. The number of hydrogen-bond acceptors (Lipinski definition) is 3. The van der Waals surface area contributed by atoms with Gasteiger partial charge >= 0.3 is 0 Å². The summed E-state index contributed by atoms with van der Waals surface area (Å²) in [7, 11) is 3.17. The van der Waals surface area contributed by atoms with E-state index < -0.39 is 4.92 Å². The molecule has 82 valence electrons. The van der Waals surface area contributed by atoms with Crippen molar-refractivity contribution in [2.24, 2.45) is 0 Å². The molecule has 5 heteroatoms. The number of benzene rings is 1. The zero-order valence-corrected chi connectivity index (χ0v) is 8.93. The molecular weight excluding hydrogens is 208 g/mol. The Morgan fingerprint density at radius 3 is 2.56 bits per heavy atom. The molecular formula is C11H10N2O3. The average molecular weight is 218 g/mol. The van der Waals surface area contributed by atoms with Crippen LogP contribution in [0.2, 0.25) is 0 Å². The first-order valence-electron chi connectivity index (χ1n) is 4.44. The van der Waals surface area contributed by atoms with Gasteiger partial charge in [0.2, 0.25) is 0 Å². The number of carbonyl (C=O) groups is 1. The van der Waals surface area contributed by atoms with Gasteiger partial charge in [0.05, 0.1) is 10.5 Å². The summed E-state index contributed by atoms with van der Waals surface area (Å²) in [5.41, 5.74) is 0.397. The Morgan fingerprint density at radius 2 is 2.12 bits per heavy atom. The maximum absolute atomic E-state index is 11.7. The van der Waals surface area contributed by atoms with E-state index in [0.717, 1.165) is 0 Å². The van der Waals surface area contributed by atoms with E-state index in [9.17, 15) is 14.9 Å². The summed E-state index contributed by atoms with van der Waals surface area (Å²) in [6.07, 6.45) is 5.21. The van der Waals surface area contributed by atoms with Crippen LogP contribution in [0.4, 0.5) is 5.69 Å². The van der Waals surface area contributed by atoms with Crippen LogP contribution in [0.1, 0.15) is 15.9 Å². The number of nitro groups is 1. The van der Waals surface area contributed by atoms with Crippen LogP contribution >= 0.6 is 0 Å². The molecule has 0 spiro atoms. The minimum Gasteiger partial charge on any atom is -0.345 e. The van der Waals surface area contributed by atoms with Crippen molar-refractivity contribution in [3.05, 3.63) is 39.4 Å². The summed E-state index contributed by atoms with van der Waals surface area (Å²) in [6.45, 7) is 0. The van der Waals surface area contributed by atoms with Crippen LogP contribution in [0.15, 0.2) is 18.2 Å². The molecule has 0 aliphatic heterocycles. The van der Waals surface area contributed by atoms with Gasteiger partial charge in [0.25, 0.3) is 11.6 Å². The van der Waals surface area contributed by atoms with Crippen molar-refractivity contribution in [3.8, 4) is 12.3 Å². The third kappa shape index (κ3) is 2.17. The zero-order chi connectivity index (χ0) is 12.3. The predicted molar refractivity (Wildman–Crippen MR) is 59.0 cm³/mol. The molecule has 0 aliphatic carbocycles. The highest BCUT2D eigenvalue weighted by Crippen LogP contribution is 2.18. The Balaban J connectivity index is 3.29. The third-order valence-corrected chi connectivity index (χ3v) is 2.01. The fraction of sp³-hybridized carbons (Fsp3) is 0.182. The average Bonchev–Trinajstić information content (AvgIpc) is 2.26. The number of amides is 1. The number of nitro benzene ring substituents is 1. The van der Waals surface area contributed by atoms with Crippen molar-refractivity contribution in [2.45, 2.75) is 0 Å². The van der Waals surface area contributed by atoms with Gasteiger partial charge in [-0.3, -0.25) is 14.9 Å². The molecule has 0 unspecified atom stereocenters. The number of terminal acetylenes is 1. The summed E-state index contributed by atoms with van der Waals surface area (Å²) < 4.78 is 0. The first-order chi connectivity index (χ1) is 7.47. The maximum Gasteiger partial charge on any atom is 0.270 e. The molecule has 1 rings (SSSR count). The predicted octanol–water partition coefficient (Wildman–Crippen LogP) is 1.28. The number of nitrogens with zero attached hydrogens (tertiary/aromatic N) is 2. The molecule has 16 heavy (non-hydrogen) atoms. The fourth-order valence-electron chi connectivity index (χ4n) is 1.19. The molecule has 0 radical (unpaired) electrons. The van der Waals surface area contributed by atoms with Gasteiger partial charge in [0.1, 0.15) is 0 Å². The fourth-order valence-corrected chi connectivity index (χ4v) is 1.19. The van der Waals surface area contributed by atoms with E-state index in [-0.39, 0.29) is 22.7 Å². The molecule has 1 amide bonds. The summed E-state index contributed by atoms with van der Waals surface area (Å²) >= 11 is 0. The van der Waals surface area contributed by atoms with Crippen molar-refractivity contribution in [1.82, 2.24) is 4.90 Å². The standard InChI is InChI=1S/C11H10N2O3/c1-4-8-7-9(13(15)16)5-6-10(8)11(14)12(2)3/h1,5-7H,2-3H3. The molecule has 0 fully saturated rings. The molecule has 0 aromatic heterocycles. The van der Waals surface area contributed by atoms with E-state index in [1.54, 1.807) is 14.1 Å². The van der Waals surface area contributed by atoms with Crippen LogP contribution in [-0.2, 0) is 0 Å². The van der Waals surface area contributed by atoms with Crippen LogP contribution in [0, 0.1) is 22.5 Å². The number of non-ortho nitro benzene ring substituents is 1. The van der Waals surface area contributed by atoms with Gasteiger partial charge in [0, 0.05) is 31.8 Å². The van der Waals surface area contributed by atoms with Gasteiger partial charge in [-0.1, -0.05) is 5.92 Å². The highest BCUT2D eigenvalue weighted by molar-refractivity contribution is 5.96. The highest BCUT2D eigenvalue weighted by atomic mass is 16.6. The Bertz CT molecular complexity index is 486. The second-order valence-corrected chi connectivity index (χ2v) is 3.33. The zero-order valence-electron chi connectivity index (χ0n) is 8.93. The molecule has 0 atom stereocenters. The third-order valence-electron chi connectivity index (χ3n) is 2.01. The lowest BCUT2D eigenvalue weighted by Crippen LogP contribution is -2.22. The molecule has 0 bridgehead atoms.